The first-order chi connectivity index (χ1) is 11.0. The van der Waals surface area contributed by atoms with Crippen molar-refractivity contribution in [2.45, 2.75) is 64.3 Å². The molecule has 0 aromatic rings. The van der Waals surface area contributed by atoms with Gasteiger partial charge in [0.15, 0.2) is 0 Å². The Hall–Kier alpha value is -1.59. The van der Waals surface area contributed by atoms with Gasteiger partial charge in [0.2, 0.25) is 11.8 Å². The molecule has 6 heteroatoms. The second-order valence-electron chi connectivity index (χ2n) is 6.79. The number of nitrogens with zero attached hydrogens (tertiary/aromatic N) is 2. The van der Waals surface area contributed by atoms with Crippen molar-refractivity contribution < 1.29 is 19.5 Å². The number of carbonyl (C=O) groups excluding carboxylic acids is 2. The second kappa shape index (κ2) is 8.31. The number of hydrogen-bond donors (Lipinski definition) is 1. The van der Waals surface area contributed by atoms with Crippen LogP contribution >= 0.6 is 0 Å². The molecule has 1 N–H and O–H groups in total. The maximum Gasteiger partial charge on any atom is 0.323 e. The van der Waals surface area contributed by atoms with Crippen LogP contribution in [0.5, 0.6) is 0 Å². The lowest BCUT2D eigenvalue weighted by Crippen LogP contribution is -2.43. The molecule has 1 unspecified atom stereocenters. The summed E-state index contributed by atoms with van der Waals surface area (Å²) in [7, 11) is 0. The minimum absolute atomic E-state index is 0.0762. The van der Waals surface area contributed by atoms with Crippen LogP contribution < -0.4 is 0 Å². The van der Waals surface area contributed by atoms with Gasteiger partial charge in [-0.25, -0.2) is 0 Å². The number of likely N-dealkylation sites (tertiary alicyclic amines) is 1. The summed E-state index contributed by atoms with van der Waals surface area (Å²) in [5, 5.41) is 8.99. The van der Waals surface area contributed by atoms with Crippen molar-refractivity contribution in [1.82, 2.24) is 9.80 Å². The molecule has 1 saturated heterocycles. The number of hydrogen-bond acceptors (Lipinski definition) is 3. The van der Waals surface area contributed by atoms with Gasteiger partial charge in [-0.2, -0.15) is 0 Å². The van der Waals surface area contributed by atoms with Gasteiger partial charge in [0.1, 0.15) is 6.54 Å². The van der Waals surface area contributed by atoms with Crippen molar-refractivity contribution in [3.05, 3.63) is 0 Å². The van der Waals surface area contributed by atoms with Gasteiger partial charge in [-0.05, 0) is 32.1 Å². The summed E-state index contributed by atoms with van der Waals surface area (Å²) in [5.74, 6) is -0.759. The van der Waals surface area contributed by atoms with E-state index in [0.29, 0.717) is 13.0 Å². The van der Waals surface area contributed by atoms with Crippen LogP contribution in [-0.4, -0.2) is 58.4 Å². The number of carboxylic acids is 1. The molecule has 6 nitrogen and oxygen atoms in total. The summed E-state index contributed by atoms with van der Waals surface area (Å²) in [6, 6.07) is -0.0762. The van der Waals surface area contributed by atoms with Crippen LogP contribution in [0.3, 0.4) is 0 Å². The Balaban J connectivity index is 1.93. The van der Waals surface area contributed by atoms with Crippen molar-refractivity contribution in [2.75, 3.05) is 19.6 Å². The van der Waals surface area contributed by atoms with Crippen LogP contribution in [0.15, 0.2) is 0 Å². The first-order valence-electron chi connectivity index (χ1n) is 8.77. The van der Waals surface area contributed by atoms with Crippen LogP contribution in [0.25, 0.3) is 0 Å². The van der Waals surface area contributed by atoms with Gasteiger partial charge in [0, 0.05) is 32.0 Å². The molecule has 1 saturated carbocycles. The van der Waals surface area contributed by atoms with Gasteiger partial charge in [0.05, 0.1) is 0 Å². The van der Waals surface area contributed by atoms with Gasteiger partial charge >= 0.3 is 5.97 Å². The largest absolute Gasteiger partial charge is 0.480 e. The molecule has 1 atom stereocenters. The number of aliphatic carboxylic acids is 1. The third kappa shape index (κ3) is 4.94. The van der Waals surface area contributed by atoms with Crippen molar-refractivity contribution in [1.29, 1.82) is 0 Å². The standard InChI is InChI=1S/C17H28N2O4/c1-13(20)19(12-16(21)22)15-8-5-10-18(11-9-15)17(23)14-6-3-2-4-7-14/h14-15H,2-12H2,1H3,(H,21,22). The normalized spacial score (nSPS) is 23.2. The smallest absolute Gasteiger partial charge is 0.323 e. The number of amides is 2. The molecule has 1 heterocycles. The van der Waals surface area contributed by atoms with Crippen LogP contribution in [0.2, 0.25) is 0 Å². The van der Waals surface area contributed by atoms with Crippen LogP contribution in [0.4, 0.5) is 0 Å². The highest BCUT2D eigenvalue weighted by atomic mass is 16.4. The van der Waals surface area contributed by atoms with Crippen molar-refractivity contribution in [3.63, 3.8) is 0 Å². The Morgan fingerprint density at radius 2 is 1.70 bits per heavy atom. The van der Waals surface area contributed by atoms with E-state index in [1.165, 1.54) is 18.2 Å². The molecule has 23 heavy (non-hydrogen) atoms. The lowest BCUT2D eigenvalue weighted by Gasteiger charge is -2.30. The van der Waals surface area contributed by atoms with E-state index in [4.69, 9.17) is 5.11 Å². The fraction of sp³-hybridized carbons (Fsp3) is 0.824. The highest BCUT2D eigenvalue weighted by Crippen LogP contribution is 2.27. The topological polar surface area (TPSA) is 77.9 Å². The number of rotatable bonds is 4. The van der Waals surface area contributed by atoms with Crippen molar-refractivity contribution >= 4 is 17.8 Å². The molecular formula is C17H28N2O4. The van der Waals surface area contributed by atoms with E-state index in [-0.39, 0.29) is 30.3 Å². The molecule has 130 valence electrons. The summed E-state index contributed by atoms with van der Waals surface area (Å²) in [4.78, 5) is 38.7. The average molecular weight is 324 g/mol. The van der Waals surface area contributed by atoms with Crippen LogP contribution in [-0.2, 0) is 14.4 Å². The molecule has 2 fully saturated rings. The third-order valence-corrected chi connectivity index (χ3v) is 5.11. The Morgan fingerprint density at radius 3 is 2.30 bits per heavy atom. The number of carboxylic acid groups (broad SMARTS) is 1. The zero-order chi connectivity index (χ0) is 16.8. The molecule has 0 radical (unpaired) electrons. The minimum Gasteiger partial charge on any atom is -0.480 e. The van der Waals surface area contributed by atoms with E-state index in [9.17, 15) is 14.4 Å². The molecule has 0 bridgehead atoms. The zero-order valence-corrected chi connectivity index (χ0v) is 14.0. The molecule has 2 amide bonds. The average Bonchev–Trinajstić information content (AvgIpc) is 2.78. The molecule has 2 rings (SSSR count). The first kappa shape index (κ1) is 17.8. The highest BCUT2D eigenvalue weighted by Gasteiger charge is 2.30. The Labute approximate surface area is 137 Å². The summed E-state index contributed by atoms with van der Waals surface area (Å²) >= 11 is 0. The van der Waals surface area contributed by atoms with Gasteiger partial charge < -0.3 is 14.9 Å². The quantitative estimate of drug-likeness (QED) is 0.856. The molecular weight excluding hydrogens is 296 g/mol. The second-order valence-corrected chi connectivity index (χ2v) is 6.79. The third-order valence-electron chi connectivity index (χ3n) is 5.11. The van der Waals surface area contributed by atoms with Gasteiger partial charge in [-0.3, -0.25) is 14.4 Å². The predicted octanol–water partition coefficient (Wildman–Crippen LogP) is 1.88. The predicted molar refractivity (Wildman–Crippen MR) is 85.8 cm³/mol. The highest BCUT2D eigenvalue weighted by molar-refractivity contribution is 5.80. The monoisotopic (exact) mass is 324 g/mol. The fourth-order valence-corrected chi connectivity index (χ4v) is 3.86. The van der Waals surface area contributed by atoms with E-state index < -0.39 is 5.97 Å². The Kier molecular flexibility index (Phi) is 6.42. The van der Waals surface area contributed by atoms with E-state index in [1.54, 1.807) is 0 Å². The van der Waals surface area contributed by atoms with E-state index >= 15 is 0 Å². The minimum atomic E-state index is -0.986. The van der Waals surface area contributed by atoms with Crippen LogP contribution in [0.1, 0.15) is 58.3 Å². The summed E-state index contributed by atoms with van der Waals surface area (Å²) < 4.78 is 0. The SMILES string of the molecule is CC(=O)N(CC(=O)O)C1CCCN(C(=O)C2CCCCC2)CC1. The molecule has 1 aliphatic heterocycles. The lowest BCUT2D eigenvalue weighted by molar-refractivity contribution is -0.145. The first-order valence-corrected chi connectivity index (χ1v) is 8.77. The van der Waals surface area contributed by atoms with E-state index in [0.717, 1.165) is 45.1 Å². The fourth-order valence-electron chi connectivity index (χ4n) is 3.86. The van der Waals surface area contributed by atoms with Gasteiger partial charge in [-0.1, -0.05) is 19.3 Å². The molecule has 1 aliphatic carbocycles. The Morgan fingerprint density at radius 1 is 1.00 bits per heavy atom. The van der Waals surface area contributed by atoms with Gasteiger partial charge in [0.25, 0.3) is 0 Å². The van der Waals surface area contributed by atoms with E-state index in [2.05, 4.69) is 0 Å². The maximum atomic E-state index is 12.6. The molecule has 2 aliphatic rings. The zero-order valence-electron chi connectivity index (χ0n) is 14.0. The summed E-state index contributed by atoms with van der Waals surface area (Å²) in [5.41, 5.74) is 0. The number of carbonyl (C=O) groups is 3. The van der Waals surface area contributed by atoms with Crippen molar-refractivity contribution in [3.8, 4) is 0 Å². The van der Waals surface area contributed by atoms with Gasteiger partial charge in [-0.15, -0.1) is 0 Å². The lowest BCUT2D eigenvalue weighted by atomic mass is 9.88. The molecule has 0 aromatic carbocycles. The Bertz CT molecular complexity index is 446. The van der Waals surface area contributed by atoms with Crippen molar-refractivity contribution in [2.24, 2.45) is 5.92 Å². The molecule has 0 spiro atoms. The molecule has 0 aromatic heterocycles. The summed E-state index contributed by atoms with van der Waals surface area (Å²) in [6.07, 6.45) is 7.77. The summed E-state index contributed by atoms with van der Waals surface area (Å²) in [6.45, 7) is 2.52. The van der Waals surface area contributed by atoms with Crippen LogP contribution in [0, 0.1) is 5.92 Å². The van der Waals surface area contributed by atoms with E-state index in [1.807, 2.05) is 4.90 Å². The maximum absolute atomic E-state index is 12.6.